The van der Waals surface area contributed by atoms with Crippen LogP contribution in [0.3, 0.4) is 0 Å². The van der Waals surface area contributed by atoms with Gasteiger partial charge in [-0.1, -0.05) is 29.8 Å². The minimum absolute atomic E-state index is 0.164. The first-order chi connectivity index (χ1) is 13.5. The van der Waals surface area contributed by atoms with E-state index in [4.69, 9.17) is 4.74 Å². The lowest BCUT2D eigenvalue weighted by molar-refractivity contribution is 0.102. The summed E-state index contributed by atoms with van der Waals surface area (Å²) >= 11 is 0. The van der Waals surface area contributed by atoms with Crippen molar-refractivity contribution >= 4 is 17.4 Å². The average Bonchev–Trinajstić information content (AvgIpc) is 2.71. The van der Waals surface area contributed by atoms with Crippen LogP contribution in [0.1, 0.15) is 27.0 Å². The van der Waals surface area contributed by atoms with E-state index in [2.05, 4.69) is 21.7 Å². The highest BCUT2D eigenvalue weighted by atomic mass is 16.5. The van der Waals surface area contributed by atoms with Gasteiger partial charge in [0.25, 0.3) is 5.91 Å². The molecule has 28 heavy (non-hydrogen) atoms. The van der Waals surface area contributed by atoms with Gasteiger partial charge < -0.3 is 15.4 Å². The molecule has 3 aromatic rings. The number of rotatable bonds is 7. The number of nitrogens with one attached hydrogen (secondary N) is 2. The molecule has 1 aromatic heterocycles. The summed E-state index contributed by atoms with van der Waals surface area (Å²) in [5, 5.41) is 6.22. The summed E-state index contributed by atoms with van der Waals surface area (Å²) in [5.74, 6) is 1.43. The van der Waals surface area contributed by atoms with Crippen molar-refractivity contribution in [2.24, 2.45) is 0 Å². The molecular weight excluding hydrogens is 350 g/mol. The van der Waals surface area contributed by atoms with Crippen molar-refractivity contribution in [2.75, 3.05) is 24.3 Å². The van der Waals surface area contributed by atoms with E-state index in [9.17, 15) is 4.79 Å². The van der Waals surface area contributed by atoms with Crippen LogP contribution in [0.15, 0.2) is 60.8 Å². The lowest BCUT2D eigenvalue weighted by Crippen LogP contribution is -2.13. The van der Waals surface area contributed by atoms with E-state index in [-0.39, 0.29) is 5.91 Å². The Hall–Kier alpha value is -3.34. The van der Waals surface area contributed by atoms with Gasteiger partial charge in [0.2, 0.25) is 0 Å². The molecule has 3 rings (SSSR count). The van der Waals surface area contributed by atoms with E-state index in [0.717, 1.165) is 35.8 Å². The molecule has 0 unspecified atom stereocenters. The summed E-state index contributed by atoms with van der Waals surface area (Å²) in [6.07, 6.45) is 2.44. The summed E-state index contributed by atoms with van der Waals surface area (Å²) in [5.41, 5.74) is 4.74. The Morgan fingerprint density at radius 1 is 1.07 bits per heavy atom. The number of anilines is 2. The largest absolute Gasteiger partial charge is 0.497 e. The van der Waals surface area contributed by atoms with Crippen molar-refractivity contribution in [3.63, 3.8) is 0 Å². The Kier molecular flexibility index (Phi) is 6.27. The zero-order valence-electron chi connectivity index (χ0n) is 16.5. The van der Waals surface area contributed by atoms with E-state index in [1.165, 1.54) is 11.1 Å². The van der Waals surface area contributed by atoms with Gasteiger partial charge >= 0.3 is 0 Å². The maximum Gasteiger partial charge on any atom is 0.257 e. The second-order valence-electron chi connectivity index (χ2n) is 6.73. The summed E-state index contributed by atoms with van der Waals surface area (Å²) in [6.45, 7) is 4.76. The summed E-state index contributed by atoms with van der Waals surface area (Å²) in [6, 6.07) is 17.6. The lowest BCUT2D eigenvalue weighted by atomic mass is 10.1. The molecule has 0 saturated heterocycles. The molecule has 0 saturated carbocycles. The standard InChI is InChI=1S/C23H25N3O2/c1-16-7-9-21(17(2)13-16)26-23(27)19-8-10-22(25-15-19)24-12-11-18-5-4-6-20(14-18)28-3/h4-10,13-15H,11-12H2,1-3H3,(H,24,25)(H,26,27). The number of carbonyl (C=O) groups is 1. The molecule has 1 amide bonds. The number of aryl methyl sites for hydroxylation is 2. The summed E-state index contributed by atoms with van der Waals surface area (Å²) < 4.78 is 5.24. The minimum Gasteiger partial charge on any atom is -0.497 e. The Morgan fingerprint density at radius 2 is 1.93 bits per heavy atom. The van der Waals surface area contributed by atoms with Gasteiger partial charge in [-0.3, -0.25) is 4.79 Å². The Balaban J connectivity index is 1.54. The maximum atomic E-state index is 12.4. The highest BCUT2D eigenvalue weighted by Gasteiger charge is 2.08. The molecule has 0 fully saturated rings. The Morgan fingerprint density at radius 3 is 2.64 bits per heavy atom. The number of benzene rings is 2. The molecule has 1 heterocycles. The monoisotopic (exact) mass is 375 g/mol. The Labute approximate surface area is 165 Å². The molecule has 5 heteroatoms. The van der Waals surface area contributed by atoms with Gasteiger partial charge in [0, 0.05) is 18.4 Å². The van der Waals surface area contributed by atoms with Gasteiger partial charge in [0.15, 0.2) is 0 Å². The zero-order chi connectivity index (χ0) is 19.9. The van der Waals surface area contributed by atoms with Crippen LogP contribution < -0.4 is 15.4 Å². The maximum absolute atomic E-state index is 12.4. The number of hydrogen-bond donors (Lipinski definition) is 2. The van der Waals surface area contributed by atoms with Crippen LogP contribution in [0.25, 0.3) is 0 Å². The summed E-state index contributed by atoms with van der Waals surface area (Å²) in [7, 11) is 1.67. The van der Waals surface area contributed by atoms with E-state index < -0.39 is 0 Å². The normalized spacial score (nSPS) is 10.4. The van der Waals surface area contributed by atoms with E-state index in [1.54, 1.807) is 19.4 Å². The number of hydrogen-bond acceptors (Lipinski definition) is 4. The highest BCUT2D eigenvalue weighted by molar-refractivity contribution is 6.04. The molecule has 2 aromatic carbocycles. The van der Waals surface area contributed by atoms with Crippen LogP contribution in [-0.2, 0) is 6.42 Å². The van der Waals surface area contributed by atoms with Gasteiger partial charge in [-0.05, 0) is 61.7 Å². The van der Waals surface area contributed by atoms with Gasteiger partial charge in [-0.25, -0.2) is 4.98 Å². The number of carbonyl (C=O) groups excluding carboxylic acids is 1. The third-order valence-corrected chi connectivity index (χ3v) is 4.51. The molecule has 144 valence electrons. The second-order valence-corrected chi connectivity index (χ2v) is 6.73. The molecule has 0 aliphatic heterocycles. The Bertz CT molecular complexity index is 952. The van der Waals surface area contributed by atoms with Crippen molar-refractivity contribution in [3.8, 4) is 5.75 Å². The number of nitrogens with zero attached hydrogens (tertiary/aromatic N) is 1. The molecule has 5 nitrogen and oxygen atoms in total. The predicted molar refractivity (Wildman–Crippen MR) is 113 cm³/mol. The molecule has 0 radical (unpaired) electrons. The first-order valence-corrected chi connectivity index (χ1v) is 9.26. The topological polar surface area (TPSA) is 63.2 Å². The van der Waals surface area contributed by atoms with Gasteiger partial charge in [-0.2, -0.15) is 0 Å². The van der Waals surface area contributed by atoms with Crippen molar-refractivity contribution in [1.82, 2.24) is 4.98 Å². The van der Waals surface area contributed by atoms with E-state index in [1.807, 2.05) is 56.3 Å². The molecule has 0 aliphatic rings. The van der Waals surface area contributed by atoms with Gasteiger partial charge in [0.1, 0.15) is 11.6 Å². The van der Waals surface area contributed by atoms with Crippen LogP contribution in [-0.4, -0.2) is 24.5 Å². The fraction of sp³-hybridized carbons (Fsp3) is 0.217. The number of amides is 1. The lowest BCUT2D eigenvalue weighted by Gasteiger charge is -2.10. The van der Waals surface area contributed by atoms with Crippen molar-refractivity contribution in [2.45, 2.75) is 20.3 Å². The first-order valence-electron chi connectivity index (χ1n) is 9.26. The fourth-order valence-electron chi connectivity index (χ4n) is 2.94. The second kappa shape index (κ2) is 9.04. The average molecular weight is 375 g/mol. The van der Waals surface area contributed by atoms with Crippen molar-refractivity contribution in [1.29, 1.82) is 0 Å². The summed E-state index contributed by atoms with van der Waals surface area (Å²) in [4.78, 5) is 16.8. The van der Waals surface area contributed by atoms with Gasteiger partial charge in [-0.15, -0.1) is 0 Å². The van der Waals surface area contributed by atoms with E-state index in [0.29, 0.717) is 5.56 Å². The van der Waals surface area contributed by atoms with E-state index >= 15 is 0 Å². The molecule has 0 spiro atoms. The van der Waals surface area contributed by atoms with Crippen LogP contribution in [0.5, 0.6) is 5.75 Å². The molecule has 0 aliphatic carbocycles. The highest BCUT2D eigenvalue weighted by Crippen LogP contribution is 2.17. The quantitative estimate of drug-likeness (QED) is 0.633. The van der Waals surface area contributed by atoms with Crippen LogP contribution in [0.2, 0.25) is 0 Å². The third-order valence-electron chi connectivity index (χ3n) is 4.51. The fourth-order valence-corrected chi connectivity index (χ4v) is 2.94. The first kappa shape index (κ1) is 19.4. The number of ether oxygens (including phenoxy) is 1. The third kappa shape index (κ3) is 5.10. The van der Waals surface area contributed by atoms with Crippen LogP contribution in [0, 0.1) is 13.8 Å². The van der Waals surface area contributed by atoms with Crippen LogP contribution in [0.4, 0.5) is 11.5 Å². The molecule has 0 atom stereocenters. The molecular formula is C23H25N3O2. The molecule has 0 bridgehead atoms. The minimum atomic E-state index is -0.164. The smallest absolute Gasteiger partial charge is 0.257 e. The predicted octanol–water partition coefficient (Wildman–Crippen LogP) is 4.61. The van der Waals surface area contributed by atoms with Crippen molar-refractivity contribution < 1.29 is 9.53 Å². The molecule has 2 N–H and O–H groups in total. The zero-order valence-corrected chi connectivity index (χ0v) is 16.5. The number of aromatic nitrogens is 1. The van der Waals surface area contributed by atoms with Crippen LogP contribution >= 0.6 is 0 Å². The SMILES string of the molecule is COc1cccc(CCNc2ccc(C(=O)Nc3ccc(C)cc3C)cn2)c1. The number of pyridine rings is 1. The number of methoxy groups -OCH3 is 1. The van der Waals surface area contributed by atoms with Gasteiger partial charge in [0.05, 0.1) is 12.7 Å². The van der Waals surface area contributed by atoms with Crippen molar-refractivity contribution in [3.05, 3.63) is 83.0 Å².